The lowest BCUT2D eigenvalue weighted by atomic mass is 10.1. The van der Waals surface area contributed by atoms with Crippen molar-refractivity contribution in [3.8, 4) is 0 Å². The zero-order valence-electron chi connectivity index (χ0n) is 12.5. The summed E-state index contributed by atoms with van der Waals surface area (Å²) < 4.78 is 0. The normalized spacial score (nSPS) is 17.3. The number of carboxylic acid groups (broad SMARTS) is 1. The minimum absolute atomic E-state index is 0.207. The molecule has 1 atom stereocenters. The van der Waals surface area contributed by atoms with Gasteiger partial charge in [0.25, 0.3) is 11.8 Å². The van der Waals surface area contributed by atoms with Crippen molar-refractivity contribution in [3.63, 3.8) is 0 Å². The Labute approximate surface area is 129 Å². The molecule has 118 valence electrons. The predicted molar refractivity (Wildman–Crippen MR) is 80.7 cm³/mol. The van der Waals surface area contributed by atoms with Crippen LogP contribution in [0.15, 0.2) is 24.3 Å². The maximum atomic E-state index is 12.4. The number of carbonyl (C=O) groups is 3. The minimum atomic E-state index is -0.872. The van der Waals surface area contributed by atoms with Crippen LogP contribution in [-0.2, 0) is 4.79 Å². The van der Waals surface area contributed by atoms with Gasteiger partial charge < -0.3 is 15.3 Å². The van der Waals surface area contributed by atoms with Crippen molar-refractivity contribution in [1.29, 1.82) is 0 Å². The molecule has 6 heteroatoms. The van der Waals surface area contributed by atoms with Crippen LogP contribution >= 0.6 is 0 Å². The van der Waals surface area contributed by atoms with E-state index >= 15 is 0 Å². The number of likely N-dealkylation sites (tertiary alicyclic amines) is 1. The predicted octanol–water partition coefficient (Wildman–Crippen LogP) is 1.37. The molecule has 1 saturated heterocycles. The number of rotatable bonds is 5. The highest BCUT2D eigenvalue weighted by Crippen LogP contribution is 2.19. The van der Waals surface area contributed by atoms with Gasteiger partial charge in [0.15, 0.2) is 0 Å². The van der Waals surface area contributed by atoms with E-state index in [9.17, 15) is 14.4 Å². The molecule has 1 aromatic rings. The van der Waals surface area contributed by atoms with E-state index < -0.39 is 11.9 Å². The SMILES string of the molecule is CCCNC(=O)c1cccc(C(=O)N2CCC(C(=O)O)C2)c1. The Morgan fingerprint density at radius 1 is 1.32 bits per heavy atom. The van der Waals surface area contributed by atoms with Gasteiger partial charge in [-0.1, -0.05) is 13.0 Å². The molecular formula is C16H20N2O4. The third kappa shape index (κ3) is 3.63. The fourth-order valence-corrected chi connectivity index (χ4v) is 2.46. The first kappa shape index (κ1) is 16.0. The van der Waals surface area contributed by atoms with Gasteiger partial charge in [0.1, 0.15) is 0 Å². The van der Waals surface area contributed by atoms with Gasteiger partial charge in [0.2, 0.25) is 0 Å². The average molecular weight is 304 g/mol. The topological polar surface area (TPSA) is 86.7 Å². The first-order valence-corrected chi connectivity index (χ1v) is 7.43. The largest absolute Gasteiger partial charge is 0.481 e. The van der Waals surface area contributed by atoms with E-state index in [1.54, 1.807) is 24.3 Å². The summed E-state index contributed by atoms with van der Waals surface area (Å²) in [5.41, 5.74) is 0.850. The Morgan fingerprint density at radius 2 is 2.05 bits per heavy atom. The van der Waals surface area contributed by atoms with Gasteiger partial charge in [-0.25, -0.2) is 0 Å². The highest BCUT2D eigenvalue weighted by atomic mass is 16.4. The van der Waals surface area contributed by atoms with Crippen molar-refractivity contribution in [3.05, 3.63) is 35.4 Å². The van der Waals surface area contributed by atoms with Crippen LogP contribution in [-0.4, -0.2) is 47.4 Å². The second-order valence-electron chi connectivity index (χ2n) is 5.41. The van der Waals surface area contributed by atoms with E-state index in [1.807, 2.05) is 6.92 Å². The molecule has 1 heterocycles. The molecule has 0 bridgehead atoms. The monoisotopic (exact) mass is 304 g/mol. The van der Waals surface area contributed by atoms with Crippen molar-refractivity contribution < 1.29 is 19.5 Å². The quantitative estimate of drug-likeness (QED) is 0.860. The molecule has 22 heavy (non-hydrogen) atoms. The van der Waals surface area contributed by atoms with Crippen LogP contribution in [0.4, 0.5) is 0 Å². The number of hydrogen-bond acceptors (Lipinski definition) is 3. The fourth-order valence-electron chi connectivity index (χ4n) is 2.46. The van der Waals surface area contributed by atoms with Crippen molar-refractivity contribution in [2.75, 3.05) is 19.6 Å². The molecule has 0 aromatic heterocycles. The van der Waals surface area contributed by atoms with Crippen molar-refractivity contribution in [2.24, 2.45) is 5.92 Å². The average Bonchev–Trinajstić information content (AvgIpc) is 3.02. The summed E-state index contributed by atoms with van der Waals surface area (Å²) in [6.07, 6.45) is 1.31. The molecule has 1 unspecified atom stereocenters. The number of nitrogens with zero attached hydrogens (tertiary/aromatic N) is 1. The van der Waals surface area contributed by atoms with E-state index in [-0.39, 0.29) is 18.4 Å². The second-order valence-corrected chi connectivity index (χ2v) is 5.41. The fraction of sp³-hybridized carbons (Fsp3) is 0.438. The minimum Gasteiger partial charge on any atom is -0.481 e. The summed E-state index contributed by atoms with van der Waals surface area (Å²) in [4.78, 5) is 36.8. The first-order valence-electron chi connectivity index (χ1n) is 7.43. The maximum Gasteiger partial charge on any atom is 0.308 e. The molecule has 2 rings (SSSR count). The molecule has 0 saturated carbocycles. The number of hydrogen-bond donors (Lipinski definition) is 2. The Morgan fingerprint density at radius 3 is 2.68 bits per heavy atom. The number of amides is 2. The van der Waals surface area contributed by atoms with Crippen LogP contribution < -0.4 is 5.32 Å². The lowest BCUT2D eigenvalue weighted by Crippen LogP contribution is -2.30. The van der Waals surface area contributed by atoms with Gasteiger partial charge in [-0.2, -0.15) is 0 Å². The third-order valence-corrected chi connectivity index (χ3v) is 3.73. The Balaban J connectivity index is 2.08. The standard InChI is InChI=1S/C16H20N2O4/c1-2-7-17-14(19)11-4-3-5-12(9-11)15(20)18-8-6-13(10-18)16(21)22/h3-5,9,13H,2,6-8,10H2,1H3,(H,17,19)(H,21,22). The number of benzene rings is 1. The molecule has 2 N–H and O–H groups in total. The van der Waals surface area contributed by atoms with Gasteiger partial charge in [0, 0.05) is 30.8 Å². The summed E-state index contributed by atoms with van der Waals surface area (Å²) in [5, 5.41) is 11.8. The van der Waals surface area contributed by atoms with Crippen molar-refractivity contribution >= 4 is 17.8 Å². The Hall–Kier alpha value is -2.37. The molecule has 0 spiro atoms. The van der Waals surface area contributed by atoms with Crippen LogP contribution in [0.1, 0.15) is 40.5 Å². The van der Waals surface area contributed by atoms with Crippen LogP contribution in [0.5, 0.6) is 0 Å². The molecule has 1 aliphatic rings. The van der Waals surface area contributed by atoms with Crippen LogP contribution in [0.25, 0.3) is 0 Å². The number of carboxylic acids is 1. The number of carbonyl (C=O) groups excluding carboxylic acids is 2. The van der Waals surface area contributed by atoms with Crippen molar-refractivity contribution in [2.45, 2.75) is 19.8 Å². The molecular weight excluding hydrogens is 284 g/mol. The van der Waals surface area contributed by atoms with Gasteiger partial charge in [-0.15, -0.1) is 0 Å². The van der Waals surface area contributed by atoms with E-state index in [0.29, 0.717) is 30.6 Å². The summed E-state index contributed by atoms with van der Waals surface area (Å²) in [5.74, 6) is -1.81. The number of nitrogens with one attached hydrogen (secondary N) is 1. The van der Waals surface area contributed by atoms with Gasteiger partial charge in [-0.3, -0.25) is 14.4 Å². The summed E-state index contributed by atoms with van der Waals surface area (Å²) in [6, 6.07) is 6.53. The van der Waals surface area contributed by atoms with Gasteiger partial charge >= 0.3 is 5.97 Å². The lowest BCUT2D eigenvalue weighted by Gasteiger charge is -2.16. The zero-order chi connectivity index (χ0) is 16.1. The third-order valence-electron chi connectivity index (χ3n) is 3.73. The molecule has 2 amide bonds. The van der Waals surface area contributed by atoms with Gasteiger partial charge in [-0.05, 0) is 31.0 Å². The van der Waals surface area contributed by atoms with E-state index in [0.717, 1.165) is 6.42 Å². The first-order chi connectivity index (χ1) is 10.5. The molecule has 1 aromatic carbocycles. The maximum absolute atomic E-state index is 12.4. The van der Waals surface area contributed by atoms with E-state index in [2.05, 4.69) is 5.32 Å². The van der Waals surface area contributed by atoms with Gasteiger partial charge in [0.05, 0.1) is 5.92 Å². The second kappa shape index (κ2) is 7.06. The number of aliphatic carboxylic acids is 1. The van der Waals surface area contributed by atoms with Crippen LogP contribution in [0, 0.1) is 5.92 Å². The van der Waals surface area contributed by atoms with Crippen LogP contribution in [0.3, 0.4) is 0 Å². The lowest BCUT2D eigenvalue weighted by molar-refractivity contribution is -0.141. The zero-order valence-corrected chi connectivity index (χ0v) is 12.5. The van der Waals surface area contributed by atoms with E-state index in [4.69, 9.17) is 5.11 Å². The van der Waals surface area contributed by atoms with Crippen LogP contribution in [0.2, 0.25) is 0 Å². The van der Waals surface area contributed by atoms with Crippen molar-refractivity contribution in [1.82, 2.24) is 10.2 Å². The summed E-state index contributed by atoms with van der Waals surface area (Å²) in [7, 11) is 0. The molecule has 1 aliphatic heterocycles. The smallest absolute Gasteiger partial charge is 0.308 e. The summed E-state index contributed by atoms with van der Waals surface area (Å²) >= 11 is 0. The molecule has 0 aliphatic carbocycles. The Kier molecular flexibility index (Phi) is 5.14. The highest BCUT2D eigenvalue weighted by Gasteiger charge is 2.31. The molecule has 6 nitrogen and oxygen atoms in total. The molecule has 0 radical (unpaired) electrons. The summed E-state index contributed by atoms with van der Waals surface area (Å²) in [6.45, 7) is 3.21. The molecule has 1 fully saturated rings. The highest BCUT2D eigenvalue weighted by molar-refractivity contribution is 5.99. The van der Waals surface area contributed by atoms with E-state index in [1.165, 1.54) is 4.90 Å². The Bertz CT molecular complexity index is 585.